The van der Waals surface area contributed by atoms with E-state index in [2.05, 4.69) is 35.4 Å². The monoisotopic (exact) mass is 556 g/mol. The second-order valence-electron chi connectivity index (χ2n) is 11.7. The number of hydrogen-bond acceptors (Lipinski definition) is 7. The lowest BCUT2D eigenvalue weighted by Gasteiger charge is -2.32. The Balaban J connectivity index is 1.66. The smallest absolute Gasteiger partial charge is 0.407 e. The number of fused-ring (bicyclic) bond motifs is 3. The lowest BCUT2D eigenvalue weighted by atomic mass is 9.98. The summed E-state index contributed by atoms with van der Waals surface area (Å²) in [5.41, 5.74) is 3.09. The Hall–Kier alpha value is -3.04. The Labute approximate surface area is 236 Å². The van der Waals surface area contributed by atoms with Crippen LogP contribution in [0.25, 0.3) is 11.1 Å². The van der Waals surface area contributed by atoms with Crippen LogP contribution in [-0.4, -0.2) is 59.7 Å². The van der Waals surface area contributed by atoms with Crippen molar-refractivity contribution in [3.63, 3.8) is 0 Å². The fourth-order valence-corrected chi connectivity index (χ4v) is 4.85. The average molecular weight is 557 g/mol. The Morgan fingerprint density at radius 1 is 0.872 bits per heavy atom. The highest BCUT2D eigenvalue weighted by molar-refractivity contribution is 7.80. The van der Waals surface area contributed by atoms with Crippen molar-refractivity contribution in [1.82, 2.24) is 10.6 Å². The van der Waals surface area contributed by atoms with Gasteiger partial charge < -0.3 is 24.8 Å². The molecule has 0 saturated carbocycles. The third-order valence-electron chi connectivity index (χ3n) is 6.10. The first kappa shape index (κ1) is 30.5. The van der Waals surface area contributed by atoms with Gasteiger partial charge in [-0.15, -0.1) is 0 Å². The maximum Gasteiger partial charge on any atom is 0.407 e. The number of hydrogen-bond donors (Lipinski definition) is 3. The summed E-state index contributed by atoms with van der Waals surface area (Å²) in [6.07, 6.45) is -1.45. The summed E-state index contributed by atoms with van der Waals surface area (Å²) in [4.78, 5) is 38.9. The molecule has 9 heteroatoms. The molecule has 0 aliphatic heterocycles. The van der Waals surface area contributed by atoms with Crippen molar-refractivity contribution in [1.29, 1.82) is 0 Å². The fourth-order valence-electron chi connectivity index (χ4n) is 4.59. The van der Waals surface area contributed by atoms with Gasteiger partial charge in [0.1, 0.15) is 18.2 Å². The molecule has 39 heavy (non-hydrogen) atoms. The summed E-state index contributed by atoms with van der Waals surface area (Å²) < 4.78 is 17.0. The van der Waals surface area contributed by atoms with Gasteiger partial charge in [0.25, 0.3) is 0 Å². The third kappa shape index (κ3) is 8.22. The van der Waals surface area contributed by atoms with E-state index in [1.165, 1.54) is 0 Å². The second-order valence-corrected chi connectivity index (χ2v) is 12.0. The zero-order valence-electron chi connectivity index (χ0n) is 23.7. The summed E-state index contributed by atoms with van der Waals surface area (Å²) in [6.45, 7) is 12.6. The molecule has 0 spiro atoms. The predicted molar refractivity (Wildman–Crippen MR) is 154 cm³/mol. The Kier molecular flexibility index (Phi) is 9.72. The fraction of sp³-hybridized carbons (Fsp3) is 0.500. The first-order valence-corrected chi connectivity index (χ1v) is 13.8. The van der Waals surface area contributed by atoms with E-state index in [9.17, 15) is 14.4 Å². The van der Waals surface area contributed by atoms with Gasteiger partial charge in [0.2, 0.25) is 5.91 Å². The number of alkyl carbamates (subject to hydrolysis) is 1. The van der Waals surface area contributed by atoms with Crippen molar-refractivity contribution < 1.29 is 28.6 Å². The van der Waals surface area contributed by atoms with E-state index in [0.717, 1.165) is 22.3 Å². The number of thiol groups is 1. The molecule has 0 saturated heterocycles. The quantitative estimate of drug-likeness (QED) is 0.301. The van der Waals surface area contributed by atoms with E-state index >= 15 is 0 Å². The number of esters is 1. The van der Waals surface area contributed by atoms with Crippen LogP contribution in [0.5, 0.6) is 0 Å². The molecule has 0 aromatic heterocycles. The highest BCUT2D eigenvalue weighted by Gasteiger charge is 2.36. The lowest BCUT2D eigenvalue weighted by molar-refractivity contribution is -0.166. The summed E-state index contributed by atoms with van der Waals surface area (Å²) in [5.74, 6) is -1.35. The number of carbonyl (C=O) groups excluding carboxylic acids is 3. The van der Waals surface area contributed by atoms with Gasteiger partial charge >= 0.3 is 12.1 Å². The first-order valence-electron chi connectivity index (χ1n) is 13.1. The minimum atomic E-state index is -1.09. The van der Waals surface area contributed by atoms with Crippen LogP contribution in [0.2, 0.25) is 0 Å². The van der Waals surface area contributed by atoms with E-state index in [1.54, 1.807) is 27.7 Å². The van der Waals surface area contributed by atoms with Crippen LogP contribution in [0.15, 0.2) is 48.5 Å². The minimum absolute atomic E-state index is 0.00836. The third-order valence-corrected chi connectivity index (χ3v) is 6.47. The Morgan fingerprint density at radius 3 is 1.90 bits per heavy atom. The Morgan fingerprint density at radius 2 is 1.41 bits per heavy atom. The van der Waals surface area contributed by atoms with Crippen molar-refractivity contribution >= 4 is 30.6 Å². The molecule has 2 amide bonds. The molecule has 8 nitrogen and oxygen atoms in total. The topological polar surface area (TPSA) is 103 Å². The first-order chi connectivity index (χ1) is 18.2. The van der Waals surface area contributed by atoms with Crippen LogP contribution in [0, 0.1) is 0 Å². The number of nitrogens with one attached hydrogen (secondary N) is 2. The van der Waals surface area contributed by atoms with Crippen LogP contribution >= 0.6 is 12.6 Å². The molecule has 0 unspecified atom stereocenters. The van der Waals surface area contributed by atoms with Gasteiger partial charge in [-0.25, -0.2) is 9.59 Å². The van der Waals surface area contributed by atoms with Gasteiger partial charge in [-0.05, 0) is 70.7 Å². The van der Waals surface area contributed by atoms with E-state index in [-0.39, 0.29) is 18.3 Å². The molecular weight excluding hydrogens is 516 g/mol. The molecule has 2 aromatic carbocycles. The van der Waals surface area contributed by atoms with Crippen LogP contribution in [0.3, 0.4) is 0 Å². The molecule has 0 radical (unpaired) electrons. The number of carbonyl (C=O) groups is 3. The minimum Gasteiger partial charge on any atom is -0.458 e. The molecule has 2 aromatic rings. The zero-order valence-corrected chi connectivity index (χ0v) is 24.6. The van der Waals surface area contributed by atoms with Crippen molar-refractivity contribution in [2.75, 3.05) is 12.4 Å². The summed E-state index contributed by atoms with van der Waals surface area (Å²) >= 11 is 4.24. The Bertz CT molecular complexity index is 1140. The molecule has 1 aliphatic rings. The van der Waals surface area contributed by atoms with Gasteiger partial charge in [0.05, 0.1) is 11.7 Å². The van der Waals surface area contributed by atoms with Gasteiger partial charge in [-0.2, -0.15) is 12.6 Å². The van der Waals surface area contributed by atoms with Gasteiger partial charge in [-0.1, -0.05) is 48.5 Å². The molecule has 0 fully saturated rings. The normalized spacial score (nSPS) is 15.4. The average Bonchev–Trinajstić information content (AvgIpc) is 3.15. The van der Waals surface area contributed by atoms with Crippen molar-refractivity contribution in [3.05, 3.63) is 59.7 Å². The molecule has 3 rings (SSSR count). The summed E-state index contributed by atoms with van der Waals surface area (Å²) in [6, 6.07) is 13.9. The van der Waals surface area contributed by atoms with E-state index in [0.29, 0.717) is 0 Å². The van der Waals surface area contributed by atoms with Crippen LogP contribution in [-0.2, 0) is 23.8 Å². The number of amides is 2. The maximum absolute atomic E-state index is 13.2. The van der Waals surface area contributed by atoms with E-state index in [4.69, 9.17) is 14.2 Å². The molecule has 1 aliphatic carbocycles. The molecule has 3 atom stereocenters. The van der Waals surface area contributed by atoms with Gasteiger partial charge in [-0.3, -0.25) is 4.79 Å². The maximum atomic E-state index is 13.2. The van der Waals surface area contributed by atoms with E-state index in [1.807, 2.05) is 57.2 Å². The zero-order chi connectivity index (χ0) is 29.0. The molecular formula is C30H40N2O6S. The van der Waals surface area contributed by atoms with Crippen molar-refractivity contribution in [2.24, 2.45) is 0 Å². The van der Waals surface area contributed by atoms with Crippen LogP contribution in [0.4, 0.5) is 4.79 Å². The van der Waals surface area contributed by atoms with Crippen molar-refractivity contribution in [2.45, 2.75) is 83.8 Å². The molecule has 2 N–H and O–H groups in total. The van der Waals surface area contributed by atoms with E-state index < -0.39 is 47.4 Å². The highest BCUT2D eigenvalue weighted by atomic mass is 32.1. The van der Waals surface area contributed by atoms with Gasteiger partial charge in [0.15, 0.2) is 6.04 Å². The van der Waals surface area contributed by atoms with Gasteiger partial charge in [0, 0.05) is 11.7 Å². The number of rotatable bonds is 9. The van der Waals surface area contributed by atoms with Crippen molar-refractivity contribution in [3.8, 4) is 11.1 Å². The largest absolute Gasteiger partial charge is 0.458 e. The second kappa shape index (κ2) is 12.4. The summed E-state index contributed by atoms with van der Waals surface area (Å²) in [7, 11) is 0. The molecule has 0 bridgehead atoms. The number of ether oxygens (including phenoxy) is 3. The lowest BCUT2D eigenvalue weighted by Crippen LogP contribution is -2.57. The number of benzene rings is 2. The predicted octanol–water partition coefficient (Wildman–Crippen LogP) is 4.85. The SMILES string of the molecule is C[C@@H](OC(C)(C)C)[C@@H](NC(=O)[C@H](CS)NC(=O)OCC1c2ccccc2-c2ccccc21)C(=O)OC(C)(C)C. The molecule has 0 heterocycles. The standard InChI is InChI=1S/C30H40N2O6S/c1-18(37-29(2,3)4)25(27(34)38-30(5,6)7)32-26(33)24(17-39)31-28(35)36-16-23-21-14-10-8-12-19(21)20-13-9-11-15-22(20)23/h8-15,18,23-25,39H,16-17H2,1-7H3,(H,31,35)(H,32,33)/t18-,24+,25-/m1/s1. The molecule has 212 valence electrons. The highest BCUT2D eigenvalue weighted by Crippen LogP contribution is 2.44. The van der Waals surface area contributed by atoms with Crippen LogP contribution in [0.1, 0.15) is 65.5 Å². The van der Waals surface area contributed by atoms with Crippen LogP contribution < -0.4 is 10.6 Å². The summed E-state index contributed by atoms with van der Waals surface area (Å²) in [5, 5.41) is 5.26.